The van der Waals surface area contributed by atoms with Crippen LogP contribution >= 0.6 is 12.4 Å². The van der Waals surface area contributed by atoms with Gasteiger partial charge in [-0.2, -0.15) is 0 Å². The molecule has 1 aliphatic rings. The maximum absolute atomic E-state index is 6.06. The first kappa shape index (κ1) is 14.3. The quantitative estimate of drug-likeness (QED) is 0.917. The van der Waals surface area contributed by atoms with Gasteiger partial charge in [-0.05, 0) is 29.7 Å². The molecule has 0 amide bonds. The van der Waals surface area contributed by atoms with Crippen LogP contribution < -0.4 is 5.73 Å². The van der Waals surface area contributed by atoms with Gasteiger partial charge in [0.1, 0.15) is 0 Å². The number of nitrogens with zero attached hydrogens (tertiary/aromatic N) is 2. The molecule has 102 valence electrons. The summed E-state index contributed by atoms with van der Waals surface area (Å²) in [6, 6.07) is 10.9. The average molecular weight is 278 g/mol. The van der Waals surface area contributed by atoms with Crippen molar-refractivity contribution in [3.8, 4) is 0 Å². The minimum absolute atomic E-state index is 0. The topological polar surface area (TPSA) is 42.2 Å². The minimum atomic E-state index is 0. The molecule has 2 heterocycles. The molecule has 3 rings (SSSR count). The van der Waals surface area contributed by atoms with Crippen molar-refractivity contribution in [2.75, 3.05) is 13.1 Å². The first-order valence-corrected chi connectivity index (χ1v) is 6.54. The lowest BCUT2D eigenvalue weighted by molar-refractivity contribution is 0.319. The molecule has 2 N–H and O–H groups in total. The number of benzene rings is 1. The van der Waals surface area contributed by atoms with E-state index in [0.717, 1.165) is 25.2 Å². The molecular formula is C15H20ClN3. The predicted octanol–water partition coefficient (Wildman–Crippen LogP) is 2.44. The lowest BCUT2D eigenvalue weighted by Gasteiger charge is -2.15. The van der Waals surface area contributed by atoms with Crippen LogP contribution in [0.2, 0.25) is 0 Å². The number of hydrogen-bond donors (Lipinski definition) is 1. The van der Waals surface area contributed by atoms with Crippen molar-refractivity contribution in [1.29, 1.82) is 0 Å². The van der Waals surface area contributed by atoms with Crippen LogP contribution in [0.4, 0.5) is 0 Å². The van der Waals surface area contributed by atoms with Crippen LogP contribution in [0.25, 0.3) is 10.9 Å². The monoisotopic (exact) mass is 277 g/mol. The number of fused-ring (bicyclic) bond motifs is 1. The molecule has 1 aromatic carbocycles. The Morgan fingerprint density at radius 3 is 2.89 bits per heavy atom. The molecule has 2 aromatic rings. The fourth-order valence-corrected chi connectivity index (χ4v) is 2.71. The maximum atomic E-state index is 6.06. The van der Waals surface area contributed by atoms with Crippen LogP contribution in [0, 0.1) is 5.92 Å². The van der Waals surface area contributed by atoms with Crippen molar-refractivity contribution in [2.45, 2.75) is 19.5 Å². The number of halogens is 1. The number of hydrogen-bond acceptors (Lipinski definition) is 3. The molecule has 1 aromatic heterocycles. The molecule has 2 unspecified atom stereocenters. The molecule has 4 heteroatoms. The zero-order valence-corrected chi connectivity index (χ0v) is 11.9. The number of nitrogens with two attached hydrogens (primary N) is 1. The van der Waals surface area contributed by atoms with Gasteiger partial charge in [-0.3, -0.25) is 9.88 Å². The van der Waals surface area contributed by atoms with Gasteiger partial charge in [-0.1, -0.05) is 19.1 Å². The molecule has 0 spiro atoms. The number of rotatable bonds is 2. The fraction of sp³-hybridized carbons (Fsp3) is 0.400. The van der Waals surface area contributed by atoms with Crippen LogP contribution in [-0.2, 0) is 6.54 Å². The van der Waals surface area contributed by atoms with Crippen molar-refractivity contribution in [2.24, 2.45) is 11.7 Å². The molecule has 1 saturated heterocycles. The van der Waals surface area contributed by atoms with Gasteiger partial charge < -0.3 is 5.73 Å². The third-order valence-electron chi connectivity index (χ3n) is 3.82. The summed E-state index contributed by atoms with van der Waals surface area (Å²) >= 11 is 0. The van der Waals surface area contributed by atoms with Gasteiger partial charge in [0, 0.05) is 37.3 Å². The fourth-order valence-electron chi connectivity index (χ4n) is 2.71. The Balaban J connectivity index is 0.00000133. The summed E-state index contributed by atoms with van der Waals surface area (Å²) < 4.78 is 0. The van der Waals surface area contributed by atoms with Crippen LogP contribution in [0.5, 0.6) is 0 Å². The summed E-state index contributed by atoms with van der Waals surface area (Å²) in [5.74, 6) is 0.604. The highest BCUT2D eigenvalue weighted by molar-refractivity contribution is 5.85. The molecule has 0 saturated carbocycles. The summed E-state index contributed by atoms with van der Waals surface area (Å²) in [6.07, 6.45) is 1.84. The third-order valence-corrected chi connectivity index (χ3v) is 3.82. The van der Waals surface area contributed by atoms with Gasteiger partial charge in [0.2, 0.25) is 0 Å². The predicted molar refractivity (Wildman–Crippen MR) is 81.4 cm³/mol. The van der Waals surface area contributed by atoms with Crippen LogP contribution in [0.1, 0.15) is 12.5 Å². The van der Waals surface area contributed by atoms with E-state index in [1.54, 1.807) is 0 Å². The van der Waals surface area contributed by atoms with Crippen molar-refractivity contribution >= 4 is 23.3 Å². The molecule has 19 heavy (non-hydrogen) atoms. The van der Waals surface area contributed by atoms with Crippen molar-refractivity contribution in [3.05, 3.63) is 42.1 Å². The second-order valence-electron chi connectivity index (χ2n) is 5.37. The van der Waals surface area contributed by atoms with Gasteiger partial charge >= 0.3 is 0 Å². The third kappa shape index (κ3) is 3.06. The highest BCUT2D eigenvalue weighted by Crippen LogP contribution is 2.19. The number of pyridine rings is 1. The highest BCUT2D eigenvalue weighted by Gasteiger charge is 2.26. The van der Waals surface area contributed by atoms with E-state index in [-0.39, 0.29) is 12.4 Å². The summed E-state index contributed by atoms with van der Waals surface area (Å²) in [5.41, 5.74) is 8.47. The summed E-state index contributed by atoms with van der Waals surface area (Å²) in [6.45, 7) is 5.33. The number of likely N-dealkylation sites (tertiary alicyclic amines) is 1. The number of aromatic nitrogens is 1. The van der Waals surface area contributed by atoms with Crippen molar-refractivity contribution in [3.63, 3.8) is 0 Å². The minimum Gasteiger partial charge on any atom is -0.326 e. The van der Waals surface area contributed by atoms with Gasteiger partial charge in [-0.25, -0.2) is 0 Å². The van der Waals surface area contributed by atoms with Gasteiger partial charge in [-0.15, -0.1) is 12.4 Å². The Labute approximate surface area is 120 Å². The van der Waals surface area contributed by atoms with Gasteiger partial charge in [0.15, 0.2) is 0 Å². The molecule has 0 aliphatic carbocycles. The Kier molecular flexibility index (Phi) is 4.40. The molecular weight excluding hydrogens is 258 g/mol. The van der Waals surface area contributed by atoms with Gasteiger partial charge in [0.25, 0.3) is 0 Å². The highest BCUT2D eigenvalue weighted by atomic mass is 35.5. The average Bonchev–Trinajstić information content (AvgIpc) is 2.68. The van der Waals surface area contributed by atoms with Crippen molar-refractivity contribution < 1.29 is 0 Å². The Morgan fingerprint density at radius 1 is 1.32 bits per heavy atom. The molecule has 2 atom stereocenters. The molecule has 1 fully saturated rings. The molecule has 0 radical (unpaired) electrons. The Hall–Kier alpha value is -1.16. The van der Waals surface area contributed by atoms with Gasteiger partial charge in [0.05, 0.1) is 5.52 Å². The maximum Gasteiger partial charge on any atom is 0.0702 e. The first-order chi connectivity index (χ1) is 8.72. The zero-order chi connectivity index (χ0) is 12.5. The van der Waals surface area contributed by atoms with E-state index in [2.05, 4.69) is 41.1 Å². The van der Waals surface area contributed by atoms with E-state index in [4.69, 9.17) is 5.73 Å². The van der Waals surface area contributed by atoms with Crippen LogP contribution in [0.3, 0.4) is 0 Å². The van der Waals surface area contributed by atoms with E-state index in [0.29, 0.717) is 12.0 Å². The van der Waals surface area contributed by atoms with Crippen molar-refractivity contribution in [1.82, 2.24) is 9.88 Å². The molecule has 3 nitrogen and oxygen atoms in total. The summed E-state index contributed by atoms with van der Waals surface area (Å²) in [4.78, 5) is 6.78. The lowest BCUT2D eigenvalue weighted by Crippen LogP contribution is -2.28. The Morgan fingerprint density at radius 2 is 2.16 bits per heavy atom. The van der Waals surface area contributed by atoms with E-state index < -0.39 is 0 Å². The first-order valence-electron chi connectivity index (χ1n) is 6.54. The van der Waals surface area contributed by atoms with Crippen LogP contribution in [0.15, 0.2) is 36.5 Å². The van der Waals surface area contributed by atoms with Crippen LogP contribution in [-0.4, -0.2) is 29.0 Å². The summed E-state index contributed by atoms with van der Waals surface area (Å²) in [5, 5.41) is 1.21. The van der Waals surface area contributed by atoms with E-state index in [1.807, 2.05) is 12.3 Å². The standard InChI is InChI=1S/C15H19N3.ClH/c1-11-8-18(10-14(11)16)9-12-4-5-15-13(7-12)3-2-6-17-15;/h2-7,11,14H,8-10,16H2,1H3;1H. The van der Waals surface area contributed by atoms with E-state index in [1.165, 1.54) is 10.9 Å². The largest absolute Gasteiger partial charge is 0.326 e. The lowest BCUT2D eigenvalue weighted by atomic mass is 10.1. The second-order valence-corrected chi connectivity index (χ2v) is 5.37. The molecule has 0 bridgehead atoms. The van der Waals surface area contributed by atoms with E-state index in [9.17, 15) is 0 Å². The Bertz CT molecular complexity index is 548. The normalized spacial score (nSPS) is 23.5. The molecule has 1 aliphatic heterocycles. The summed E-state index contributed by atoms with van der Waals surface area (Å²) in [7, 11) is 0. The smallest absolute Gasteiger partial charge is 0.0702 e. The second kappa shape index (κ2) is 5.87. The zero-order valence-electron chi connectivity index (χ0n) is 11.1. The van der Waals surface area contributed by atoms with E-state index >= 15 is 0 Å². The SMILES string of the molecule is CC1CN(Cc2ccc3ncccc3c2)CC1N.Cl.